The van der Waals surface area contributed by atoms with Gasteiger partial charge in [-0.2, -0.15) is 0 Å². The maximum absolute atomic E-state index is 5.56. The van der Waals surface area contributed by atoms with Gasteiger partial charge in [0.05, 0.1) is 0 Å². The molecule has 1 heterocycles. The smallest absolute Gasteiger partial charge is 0.00953 e. The van der Waals surface area contributed by atoms with Crippen molar-refractivity contribution in [2.75, 3.05) is 19.6 Å². The fourth-order valence-corrected chi connectivity index (χ4v) is 2.42. The molecule has 0 aromatic carbocycles. The van der Waals surface area contributed by atoms with Crippen LogP contribution in [0.25, 0.3) is 0 Å². The van der Waals surface area contributed by atoms with E-state index < -0.39 is 0 Å². The number of hydrogen-bond donors (Lipinski definition) is 1. The summed E-state index contributed by atoms with van der Waals surface area (Å²) in [5.74, 6) is 0.913. The van der Waals surface area contributed by atoms with Crippen molar-refractivity contribution < 1.29 is 0 Å². The summed E-state index contributed by atoms with van der Waals surface area (Å²) in [5, 5.41) is 0. The van der Waals surface area contributed by atoms with Gasteiger partial charge in [-0.25, -0.2) is 0 Å². The second-order valence-corrected chi connectivity index (χ2v) is 4.31. The summed E-state index contributed by atoms with van der Waals surface area (Å²) in [6.45, 7) is 3.56. The van der Waals surface area contributed by atoms with Crippen molar-refractivity contribution in [3.63, 3.8) is 0 Å². The second-order valence-electron chi connectivity index (χ2n) is 4.31. The SMILES string of the molecule is NCCC1CCN(C2CCC2)C1. The fourth-order valence-electron chi connectivity index (χ4n) is 2.42. The van der Waals surface area contributed by atoms with E-state index in [9.17, 15) is 0 Å². The molecule has 12 heavy (non-hydrogen) atoms. The van der Waals surface area contributed by atoms with Crippen LogP contribution >= 0.6 is 0 Å². The third-order valence-corrected chi connectivity index (χ3v) is 3.48. The van der Waals surface area contributed by atoms with Crippen LogP contribution in [-0.4, -0.2) is 30.6 Å². The van der Waals surface area contributed by atoms with Crippen LogP contribution in [0, 0.1) is 5.92 Å². The number of nitrogens with zero attached hydrogens (tertiary/aromatic N) is 1. The molecule has 0 aromatic heterocycles. The quantitative estimate of drug-likeness (QED) is 0.686. The molecule has 0 bridgehead atoms. The van der Waals surface area contributed by atoms with Gasteiger partial charge in [-0.05, 0) is 44.7 Å². The van der Waals surface area contributed by atoms with E-state index in [0.717, 1.165) is 18.5 Å². The van der Waals surface area contributed by atoms with Crippen LogP contribution in [0.15, 0.2) is 0 Å². The standard InChI is InChI=1S/C10H20N2/c11-6-4-9-5-7-12(8-9)10-2-1-3-10/h9-10H,1-8,11H2. The summed E-state index contributed by atoms with van der Waals surface area (Å²) < 4.78 is 0. The van der Waals surface area contributed by atoms with Crippen LogP contribution in [0.3, 0.4) is 0 Å². The lowest BCUT2D eigenvalue weighted by atomic mass is 9.92. The Hall–Kier alpha value is -0.0800. The van der Waals surface area contributed by atoms with Crippen molar-refractivity contribution >= 4 is 0 Å². The van der Waals surface area contributed by atoms with Gasteiger partial charge in [-0.3, -0.25) is 0 Å². The second kappa shape index (κ2) is 3.75. The maximum atomic E-state index is 5.56. The van der Waals surface area contributed by atoms with E-state index in [1.54, 1.807) is 0 Å². The Bertz CT molecular complexity index is 143. The van der Waals surface area contributed by atoms with Crippen LogP contribution < -0.4 is 5.73 Å². The Morgan fingerprint density at radius 1 is 1.25 bits per heavy atom. The molecule has 0 spiro atoms. The van der Waals surface area contributed by atoms with Crippen molar-refractivity contribution in [1.29, 1.82) is 0 Å². The van der Waals surface area contributed by atoms with Gasteiger partial charge in [-0.1, -0.05) is 6.42 Å². The zero-order valence-electron chi connectivity index (χ0n) is 7.84. The molecule has 2 N–H and O–H groups in total. The molecule has 1 saturated carbocycles. The van der Waals surface area contributed by atoms with E-state index in [0.29, 0.717) is 0 Å². The van der Waals surface area contributed by atoms with Crippen molar-refractivity contribution in [2.45, 2.75) is 38.1 Å². The monoisotopic (exact) mass is 168 g/mol. The Kier molecular flexibility index (Phi) is 2.66. The molecule has 0 amide bonds. The highest BCUT2D eigenvalue weighted by atomic mass is 15.2. The van der Waals surface area contributed by atoms with Gasteiger partial charge >= 0.3 is 0 Å². The molecule has 2 aliphatic rings. The molecule has 70 valence electrons. The van der Waals surface area contributed by atoms with Gasteiger partial charge in [-0.15, -0.1) is 0 Å². The minimum Gasteiger partial charge on any atom is -0.330 e. The van der Waals surface area contributed by atoms with Crippen LogP contribution in [0.1, 0.15) is 32.1 Å². The van der Waals surface area contributed by atoms with Crippen molar-refractivity contribution in [3.05, 3.63) is 0 Å². The fraction of sp³-hybridized carbons (Fsp3) is 1.00. The molecule has 0 aromatic rings. The Morgan fingerprint density at radius 3 is 2.67 bits per heavy atom. The first kappa shape index (κ1) is 8.52. The third-order valence-electron chi connectivity index (χ3n) is 3.48. The predicted molar refractivity (Wildman–Crippen MR) is 51.0 cm³/mol. The lowest BCUT2D eigenvalue weighted by Crippen LogP contribution is -2.38. The topological polar surface area (TPSA) is 29.3 Å². The average Bonchev–Trinajstić information content (AvgIpc) is 2.34. The third kappa shape index (κ3) is 1.64. The van der Waals surface area contributed by atoms with Gasteiger partial charge in [0, 0.05) is 12.6 Å². The number of rotatable bonds is 3. The molecular formula is C10H20N2. The molecule has 1 aliphatic carbocycles. The lowest BCUT2D eigenvalue weighted by molar-refractivity contribution is 0.153. The molecule has 2 rings (SSSR count). The highest BCUT2D eigenvalue weighted by Crippen LogP contribution is 2.30. The molecule has 2 nitrogen and oxygen atoms in total. The molecule has 2 heteroatoms. The molecule has 1 unspecified atom stereocenters. The van der Waals surface area contributed by atoms with E-state index in [1.165, 1.54) is 45.2 Å². The minimum absolute atomic E-state index is 0.878. The summed E-state index contributed by atoms with van der Waals surface area (Å²) in [5.41, 5.74) is 5.56. The van der Waals surface area contributed by atoms with Gasteiger partial charge in [0.1, 0.15) is 0 Å². The van der Waals surface area contributed by atoms with E-state index in [4.69, 9.17) is 5.73 Å². The van der Waals surface area contributed by atoms with E-state index in [-0.39, 0.29) is 0 Å². The summed E-state index contributed by atoms with van der Waals surface area (Å²) in [4.78, 5) is 2.68. The number of hydrogen-bond acceptors (Lipinski definition) is 2. The first-order valence-corrected chi connectivity index (χ1v) is 5.34. The van der Waals surface area contributed by atoms with E-state index in [1.807, 2.05) is 0 Å². The van der Waals surface area contributed by atoms with Crippen molar-refractivity contribution in [2.24, 2.45) is 11.7 Å². The summed E-state index contributed by atoms with van der Waals surface area (Å²) in [7, 11) is 0. The number of likely N-dealkylation sites (tertiary alicyclic amines) is 1. The molecule has 0 radical (unpaired) electrons. The van der Waals surface area contributed by atoms with Gasteiger partial charge < -0.3 is 10.6 Å². The zero-order chi connectivity index (χ0) is 8.39. The minimum atomic E-state index is 0.878. The Balaban J connectivity index is 1.73. The molecule has 2 fully saturated rings. The Labute approximate surface area is 75.1 Å². The normalized spacial score (nSPS) is 32.2. The van der Waals surface area contributed by atoms with Gasteiger partial charge in [0.15, 0.2) is 0 Å². The first-order chi connectivity index (χ1) is 5.90. The number of nitrogens with two attached hydrogens (primary N) is 1. The lowest BCUT2D eigenvalue weighted by Gasteiger charge is -2.34. The molecule has 1 saturated heterocycles. The van der Waals surface area contributed by atoms with Crippen LogP contribution in [0.5, 0.6) is 0 Å². The van der Waals surface area contributed by atoms with Gasteiger partial charge in [0.2, 0.25) is 0 Å². The van der Waals surface area contributed by atoms with Crippen LogP contribution in [0.4, 0.5) is 0 Å². The molecule has 1 aliphatic heterocycles. The van der Waals surface area contributed by atoms with Gasteiger partial charge in [0.25, 0.3) is 0 Å². The molecule has 1 atom stereocenters. The Morgan fingerprint density at radius 2 is 2.08 bits per heavy atom. The summed E-state index contributed by atoms with van der Waals surface area (Å²) >= 11 is 0. The predicted octanol–water partition coefficient (Wildman–Crippen LogP) is 1.21. The largest absolute Gasteiger partial charge is 0.330 e. The molecular weight excluding hydrogens is 148 g/mol. The zero-order valence-corrected chi connectivity index (χ0v) is 7.84. The maximum Gasteiger partial charge on any atom is 0.00953 e. The highest BCUT2D eigenvalue weighted by Gasteiger charge is 2.30. The van der Waals surface area contributed by atoms with Crippen molar-refractivity contribution in [1.82, 2.24) is 4.90 Å². The van der Waals surface area contributed by atoms with E-state index in [2.05, 4.69) is 4.90 Å². The van der Waals surface area contributed by atoms with Crippen LogP contribution in [0.2, 0.25) is 0 Å². The summed E-state index contributed by atoms with van der Waals surface area (Å²) in [6, 6.07) is 0.952. The first-order valence-electron chi connectivity index (χ1n) is 5.34. The van der Waals surface area contributed by atoms with Crippen LogP contribution in [-0.2, 0) is 0 Å². The highest BCUT2D eigenvalue weighted by molar-refractivity contribution is 4.85. The van der Waals surface area contributed by atoms with Crippen molar-refractivity contribution in [3.8, 4) is 0 Å². The summed E-state index contributed by atoms with van der Waals surface area (Å²) in [6.07, 6.45) is 7.00. The van der Waals surface area contributed by atoms with E-state index >= 15 is 0 Å². The average molecular weight is 168 g/mol.